The number of carbonyl (C=O) groups is 1. The third-order valence-electron chi connectivity index (χ3n) is 6.65. The van der Waals surface area contributed by atoms with Gasteiger partial charge in [-0.2, -0.15) is 4.31 Å². The highest BCUT2D eigenvalue weighted by Crippen LogP contribution is 2.31. The average Bonchev–Trinajstić information content (AvgIpc) is 3.37. The normalized spacial score (nSPS) is 15.0. The summed E-state index contributed by atoms with van der Waals surface area (Å²) in [5.74, 6) is 1.67. The highest BCUT2D eigenvalue weighted by Gasteiger charge is 2.31. The molecule has 1 fully saturated rings. The van der Waals surface area contributed by atoms with Crippen LogP contribution in [0.2, 0.25) is 0 Å². The second-order valence-corrected chi connectivity index (χ2v) is 10.8. The minimum atomic E-state index is -3.65. The summed E-state index contributed by atoms with van der Waals surface area (Å²) >= 11 is 0. The summed E-state index contributed by atoms with van der Waals surface area (Å²) in [7, 11) is -0.640. The first-order valence-electron chi connectivity index (χ1n) is 12.0. The smallest absolute Gasteiger partial charge is 0.259 e. The molecule has 3 aromatic carbocycles. The Hall–Kier alpha value is -3.89. The van der Waals surface area contributed by atoms with Crippen molar-refractivity contribution in [3.63, 3.8) is 0 Å². The van der Waals surface area contributed by atoms with Gasteiger partial charge in [0.1, 0.15) is 17.3 Å². The molecule has 0 aliphatic carbocycles. The van der Waals surface area contributed by atoms with Gasteiger partial charge in [0.05, 0.1) is 35.7 Å². The molecule has 2 N–H and O–H groups in total. The van der Waals surface area contributed by atoms with Gasteiger partial charge in [0, 0.05) is 30.8 Å². The Bertz CT molecular complexity index is 1490. The SMILES string of the molecule is COc1ccc(C(=O)Nc2ccc(S(=O)(=O)N3CCC(c4nc5ccccc5[nH]4)CC3)cc2)c(OC)c1. The van der Waals surface area contributed by atoms with Gasteiger partial charge in [-0.25, -0.2) is 13.4 Å². The lowest BCUT2D eigenvalue weighted by Gasteiger charge is -2.30. The second kappa shape index (κ2) is 10.2. The number of imidazole rings is 1. The largest absolute Gasteiger partial charge is 0.497 e. The molecular formula is C27H28N4O5S. The molecule has 10 heteroatoms. The number of methoxy groups -OCH3 is 2. The van der Waals surface area contributed by atoms with E-state index in [0.717, 1.165) is 16.9 Å². The van der Waals surface area contributed by atoms with E-state index >= 15 is 0 Å². The van der Waals surface area contributed by atoms with E-state index in [4.69, 9.17) is 9.47 Å². The van der Waals surface area contributed by atoms with Crippen molar-refractivity contribution in [1.29, 1.82) is 0 Å². The predicted molar refractivity (Wildman–Crippen MR) is 141 cm³/mol. The van der Waals surface area contributed by atoms with Gasteiger partial charge in [0.25, 0.3) is 5.91 Å². The zero-order valence-corrected chi connectivity index (χ0v) is 21.4. The Kier molecular flexibility index (Phi) is 6.86. The van der Waals surface area contributed by atoms with E-state index in [-0.39, 0.29) is 16.7 Å². The van der Waals surface area contributed by atoms with E-state index in [1.807, 2.05) is 24.3 Å². The number of aromatic amines is 1. The van der Waals surface area contributed by atoms with Gasteiger partial charge in [-0.1, -0.05) is 12.1 Å². The summed E-state index contributed by atoms with van der Waals surface area (Å²) in [5, 5.41) is 2.78. The minimum absolute atomic E-state index is 0.186. The topological polar surface area (TPSA) is 114 Å². The number of nitrogens with one attached hydrogen (secondary N) is 2. The number of fused-ring (bicyclic) bond motifs is 1. The van der Waals surface area contributed by atoms with Crippen LogP contribution in [0.25, 0.3) is 11.0 Å². The molecule has 37 heavy (non-hydrogen) atoms. The zero-order chi connectivity index (χ0) is 26.0. The molecule has 1 aromatic heterocycles. The van der Waals surface area contributed by atoms with E-state index in [1.54, 1.807) is 30.3 Å². The van der Waals surface area contributed by atoms with Gasteiger partial charge in [0.15, 0.2) is 0 Å². The number of rotatable bonds is 7. The number of amides is 1. The number of hydrogen-bond donors (Lipinski definition) is 2. The molecule has 1 saturated heterocycles. The van der Waals surface area contributed by atoms with Crippen molar-refractivity contribution in [2.75, 3.05) is 32.6 Å². The number of ether oxygens (including phenoxy) is 2. The highest BCUT2D eigenvalue weighted by atomic mass is 32.2. The molecule has 5 rings (SSSR count). The Morgan fingerprint density at radius 1 is 1.00 bits per heavy atom. The van der Waals surface area contributed by atoms with Gasteiger partial charge in [-0.15, -0.1) is 0 Å². The maximum atomic E-state index is 13.3. The first kappa shape index (κ1) is 24.8. The lowest BCUT2D eigenvalue weighted by Crippen LogP contribution is -2.38. The zero-order valence-electron chi connectivity index (χ0n) is 20.6. The maximum absolute atomic E-state index is 13.3. The second-order valence-electron chi connectivity index (χ2n) is 8.86. The Morgan fingerprint density at radius 2 is 1.73 bits per heavy atom. The molecule has 0 radical (unpaired) electrons. The van der Waals surface area contributed by atoms with Gasteiger partial charge in [-0.05, 0) is 61.4 Å². The van der Waals surface area contributed by atoms with Gasteiger partial charge in [-0.3, -0.25) is 4.79 Å². The molecule has 4 aromatic rings. The first-order chi connectivity index (χ1) is 17.9. The van der Waals surface area contributed by atoms with Crippen molar-refractivity contribution in [2.24, 2.45) is 0 Å². The van der Waals surface area contributed by atoms with E-state index in [1.165, 1.54) is 30.7 Å². The van der Waals surface area contributed by atoms with Crippen molar-refractivity contribution in [3.8, 4) is 11.5 Å². The van der Waals surface area contributed by atoms with Crippen molar-refractivity contribution in [2.45, 2.75) is 23.7 Å². The van der Waals surface area contributed by atoms with Crippen LogP contribution in [0.3, 0.4) is 0 Å². The third-order valence-corrected chi connectivity index (χ3v) is 8.56. The first-order valence-corrected chi connectivity index (χ1v) is 13.4. The summed E-state index contributed by atoms with van der Waals surface area (Å²) in [5.41, 5.74) is 2.73. The van der Waals surface area contributed by atoms with E-state index < -0.39 is 10.0 Å². The molecule has 0 atom stereocenters. The number of piperidine rings is 1. The number of para-hydroxylation sites is 2. The molecule has 0 bridgehead atoms. The van der Waals surface area contributed by atoms with Crippen molar-refractivity contribution in [1.82, 2.24) is 14.3 Å². The Morgan fingerprint density at radius 3 is 2.41 bits per heavy atom. The standard InChI is InChI=1S/C27H28N4O5S/c1-35-20-9-12-22(25(17-20)36-2)27(32)28-19-7-10-21(11-8-19)37(33,34)31-15-13-18(14-16-31)26-29-23-5-3-4-6-24(23)30-26/h3-12,17-18H,13-16H2,1-2H3,(H,28,32)(H,29,30). The van der Waals surface area contributed by atoms with Crippen LogP contribution in [-0.2, 0) is 10.0 Å². The van der Waals surface area contributed by atoms with E-state index in [9.17, 15) is 13.2 Å². The van der Waals surface area contributed by atoms with Crippen molar-refractivity contribution >= 4 is 32.7 Å². The Labute approximate surface area is 215 Å². The molecular weight excluding hydrogens is 492 g/mol. The number of sulfonamides is 1. The fraction of sp³-hybridized carbons (Fsp3) is 0.259. The molecule has 1 amide bonds. The van der Waals surface area contributed by atoms with Crippen molar-refractivity contribution < 1.29 is 22.7 Å². The molecule has 2 heterocycles. The number of nitrogens with zero attached hydrogens (tertiary/aromatic N) is 2. The summed E-state index contributed by atoms with van der Waals surface area (Å²) in [6, 6.07) is 19.0. The lowest BCUT2D eigenvalue weighted by atomic mass is 9.97. The molecule has 1 aliphatic heterocycles. The Balaban J connectivity index is 1.23. The van der Waals surface area contributed by atoms with Gasteiger partial charge < -0.3 is 19.8 Å². The molecule has 0 saturated carbocycles. The van der Waals surface area contributed by atoms with E-state index in [2.05, 4.69) is 15.3 Å². The number of H-pyrrole nitrogens is 1. The number of carbonyl (C=O) groups excluding carboxylic acids is 1. The quantitative estimate of drug-likeness (QED) is 0.373. The van der Waals surface area contributed by atoms with Crippen molar-refractivity contribution in [3.05, 3.63) is 78.1 Å². The number of benzene rings is 3. The van der Waals surface area contributed by atoms with Crippen LogP contribution < -0.4 is 14.8 Å². The highest BCUT2D eigenvalue weighted by molar-refractivity contribution is 7.89. The maximum Gasteiger partial charge on any atom is 0.259 e. The molecule has 0 unspecified atom stereocenters. The van der Waals surface area contributed by atoms with Crippen LogP contribution >= 0.6 is 0 Å². The summed E-state index contributed by atoms with van der Waals surface area (Å²) in [6.07, 6.45) is 1.38. The van der Waals surface area contributed by atoms with Crippen LogP contribution in [0, 0.1) is 0 Å². The number of anilines is 1. The molecule has 1 aliphatic rings. The fourth-order valence-corrected chi connectivity index (χ4v) is 6.05. The van der Waals surface area contributed by atoms with Crippen LogP contribution in [0.15, 0.2) is 71.6 Å². The molecule has 9 nitrogen and oxygen atoms in total. The van der Waals surface area contributed by atoms with Crippen LogP contribution in [0.4, 0.5) is 5.69 Å². The summed E-state index contributed by atoms with van der Waals surface area (Å²) in [4.78, 5) is 21.0. The summed E-state index contributed by atoms with van der Waals surface area (Å²) in [6.45, 7) is 0.833. The predicted octanol–water partition coefficient (Wildman–Crippen LogP) is 4.40. The minimum Gasteiger partial charge on any atom is -0.497 e. The van der Waals surface area contributed by atoms with Gasteiger partial charge >= 0.3 is 0 Å². The average molecular weight is 521 g/mol. The summed E-state index contributed by atoms with van der Waals surface area (Å²) < 4.78 is 38.5. The van der Waals surface area contributed by atoms with Crippen LogP contribution in [-0.4, -0.2) is 55.9 Å². The number of hydrogen-bond acceptors (Lipinski definition) is 6. The van der Waals surface area contributed by atoms with Crippen LogP contribution in [0.1, 0.15) is 34.9 Å². The van der Waals surface area contributed by atoms with E-state index in [0.29, 0.717) is 48.7 Å². The molecule has 192 valence electrons. The van der Waals surface area contributed by atoms with Gasteiger partial charge in [0.2, 0.25) is 10.0 Å². The third kappa shape index (κ3) is 5.03. The van der Waals surface area contributed by atoms with Crippen LogP contribution in [0.5, 0.6) is 11.5 Å². The number of aromatic nitrogens is 2. The fourth-order valence-electron chi connectivity index (χ4n) is 4.58. The lowest BCUT2D eigenvalue weighted by molar-refractivity contribution is 0.102. The monoisotopic (exact) mass is 520 g/mol. The molecule has 0 spiro atoms.